The molecule has 0 amide bonds. The van der Waals surface area contributed by atoms with Gasteiger partial charge in [0.15, 0.2) is 0 Å². The normalized spacial score (nSPS) is 28.3. The van der Waals surface area contributed by atoms with Crippen LogP contribution in [-0.4, -0.2) is 30.6 Å². The lowest BCUT2D eigenvalue weighted by Gasteiger charge is -2.33. The minimum atomic E-state index is 0.482. The van der Waals surface area contributed by atoms with Gasteiger partial charge in [-0.05, 0) is 45.7 Å². The van der Waals surface area contributed by atoms with Crippen LogP contribution in [0.2, 0.25) is 0 Å². The molecule has 14 heavy (non-hydrogen) atoms. The Kier molecular flexibility index (Phi) is 5.49. The molecule has 1 fully saturated rings. The van der Waals surface area contributed by atoms with Crippen molar-refractivity contribution in [2.45, 2.75) is 64.0 Å². The van der Waals surface area contributed by atoms with Crippen LogP contribution in [0.15, 0.2) is 0 Å². The van der Waals surface area contributed by atoms with Crippen LogP contribution in [0, 0.1) is 0 Å². The van der Waals surface area contributed by atoms with Gasteiger partial charge in [-0.2, -0.15) is 0 Å². The van der Waals surface area contributed by atoms with E-state index in [1.165, 1.54) is 51.5 Å². The summed E-state index contributed by atoms with van der Waals surface area (Å²) in [6, 6.07) is 1.29. The molecule has 0 aliphatic heterocycles. The van der Waals surface area contributed by atoms with Crippen LogP contribution < -0.4 is 5.73 Å². The highest BCUT2D eigenvalue weighted by Gasteiger charge is 2.21. The topological polar surface area (TPSA) is 29.3 Å². The minimum Gasteiger partial charge on any atom is -0.328 e. The van der Waals surface area contributed by atoms with Crippen molar-refractivity contribution < 1.29 is 0 Å². The summed E-state index contributed by atoms with van der Waals surface area (Å²) in [5, 5.41) is 0. The van der Waals surface area contributed by atoms with Crippen molar-refractivity contribution in [2.75, 3.05) is 13.6 Å². The predicted octanol–water partition coefficient (Wildman–Crippen LogP) is 2.38. The summed E-state index contributed by atoms with van der Waals surface area (Å²) in [5.41, 5.74) is 5.90. The fraction of sp³-hybridized carbons (Fsp3) is 1.00. The summed E-state index contributed by atoms with van der Waals surface area (Å²) in [6.45, 7) is 3.54. The molecule has 0 spiro atoms. The van der Waals surface area contributed by atoms with E-state index in [1.54, 1.807) is 0 Å². The average molecular weight is 198 g/mol. The van der Waals surface area contributed by atoms with Crippen LogP contribution in [0.5, 0.6) is 0 Å². The number of hydrogen-bond acceptors (Lipinski definition) is 2. The van der Waals surface area contributed by atoms with Crippen molar-refractivity contribution in [1.29, 1.82) is 0 Å². The quantitative estimate of drug-likeness (QED) is 0.687. The van der Waals surface area contributed by atoms with Crippen molar-refractivity contribution >= 4 is 0 Å². The zero-order valence-corrected chi connectivity index (χ0v) is 9.84. The van der Waals surface area contributed by atoms with Crippen LogP contribution in [-0.2, 0) is 0 Å². The average Bonchev–Trinajstić information content (AvgIpc) is 2.19. The van der Waals surface area contributed by atoms with Gasteiger partial charge in [-0.15, -0.1) is 0 Å². The Morgan fingerprint density at radius 3 is 2.36 bits per heavy atom. The SMILES string of the molecule is CCCCCN(C)C1CCC(N)CC1. The molecule has 0 aromatic heterocycles. The molecule has 0 unspecified atom stereocenters. The van der Waals surface area contributed by atoms with Crippen LogP contribution in [0.25, 0.3) is 0 Å². The number of rotatable bonds is 5. The Balaban J connectivity index is 2.13. The van der Waals surface area contributed by atoms with Gasteiger partial charge in [0, 0.05) is 12.1 Å². The predicted molar refractivity (Wildman–Crippen MR) is 62.4 cm³/mol. The Morgan fingerprint density at radius 2 is 1.79 bits per heavy atom. The van der Waals surface area contributed by atoms with E-state index in [0.29, 0.717) is 6.04 Å². The Morgan fingerprint density at radius 1 is 1.14 bits per heavy atom. The third-order valence-electron chi connectivity index (χ3n) is 3.48. The maximum atomic E-state index is 5.90. The van der Waals surface area contributed by atoms with Crippen molar-refractivity contribution in [1.82, 2.24) is 4.90 Å². The molecule has 1 saturated carbocycles. The highest BCUT2D eigenvalue weighted by atomic mass is 15.1. The fourth-order valence-corrected chi connectivity index (χ4v) is 2.34. The van der Waals surface area contributed by atoms with Gasteiger partial charge in [-0.25, -0.2) is 0 Å². The van der Waals surface area contributed by atoms with Gasteiger partial charge >= 0.3 is 0 Å². The van der Waals surface area contributed by atoms with Crippen LogP contribution >= 0.6 is 0 Å². The van der Waals surface area contributed by atoms with Gasteiger partial charge in [0.05, 0.1) is 0 Å². The number of hydrogen-bond donors (Lipinski definition) is 1. The van der Waals surface area contributed by atoms with Gasteiger partial charge in [0.2, 0.25) is 0 Å². The molecule has 0 saturated heterocycles. The highest BCUT2D eigenvalue weighted by molar-refractivity contribution is 4.79. The second-order valence-corrected chi connectivity index (χ2v) is 4.76. The summed E-state index contributed by atoms with van der Waals surface area (Å²) in [7, 11) is 2.27. The first kappa shape index (κ1) is 12.0. The lowest BCUT2D eigenvalue weighted by Crippen LogP contribution is -2.39. The molecule has 0 bridgehead atoms. The molecule has 2 nitrogen and oxygen atoms in total. The standard InChI is InChI=1S/C12H26N2/c1-3-4-5-10-14(2)12-8-6-11(13)7-9-12/h11-12H,3-10,13H2,1-2H3. The molecule has 2 N–H and O–H groups in total. The van der Waals surface area contributed by atoms with E-state index in [-0.39, 0.29) is 0 Å². The van der Waals surface area contributed by atoms with Gasteiger partial charge in [-0.1, -0.05) is 19.8 Å². The first-order valence-corrected chi connectivity index (χ1v) is 6.20. The van der Waals surface area contributed by atoms with Crippen molar-refractivity contribution in [3.05, 3.63) is 0 Å². The molecular weight excluding hydrogens is 172 g/mol. The maximum Gasteiger partial charge on any atom is 0.00933 e. The Labute approximate surface area is 88.8 Å². The summed E-state index contributed by atoms with van der Waals surface area (Å²) in [6.07, 6.45) is 9.12. The lowest BCUT2D eigenvalue weighted by molar-refractivity contribution is 0.180. The summed E-state index contributed by atoms with van der Waals surface area (Å²) in [4.78, 5) is 2.54. The smallest absolute Gasteiger partial charge is 0.00933 e. The third-order valence-corrected chi connectivity index (χ3v) is 3.48. The maximum absolute atomic E-state index is 5.90. The van der Waals surface area contributed by atoms with Gasteiger partial charge in [-0.3, -0.25) is 0 Å². The van der Waals surface area contributed by atoms with E-state index in [9.17, 15) is 0 Å². The Hall–Kier alpha value is -0.0800. The first-order valence-electron chi connectivity index (χ1n) is 6.20. The molecule has 0 aromatic carbocycles. The summed E-state index contributed by atoms with van der Waals surface area (Å²) in [5.74, 6) is 0. The van der Waals surface area contributed by atoms with Crippen LogP contribution in [0.1, 0.15) is 51.9 Å². The lowest BCUT2D eigenvalue weighted by atomic mass is 9.91. The second-order valence-electron chi connectivity index (χ2n) is 4.76. The van der Waals surface area contributed by atoms with Crippen molar-refractivity contribution in [3.63, 3.8) is 0 Å². The highest BCUT2D eigenvalue weighted by Crippen LogP contribution is 2.21. The monoisotopic (exact) mass is 198 g/mol. The van der Waals surface area contributed by atoms with Gasteiger partial charge < -0.3 is 10.6 Å². The van der Waals surface area contributed by atoms with E-state index in [2.05, 4.69) is 18.9 Å². The summed E-state index contributed by atoms with van der Waals surface area (Å²) >= 11 is 0. The molecule has 0 heterocycles. The molecule has 1 aliphatic rings. The van der Waals surface area contributed by atoms with E-state index in [1.807, 2.05) is 0 Å². The molecule has 84 valence electrons. The van der Waals surface area contributed by atoms with Crippen molar-refractivity contribution in [2.24, 2.45) is 5.73 Å². The zero-order valence-electron chi connectivity index (χ0n) is 9.84. The first-order chi connectivity index (χ1) is 6.74. The number of nitrogens with two attached hydrogens (primary N) is 1. The molecule has 2 heteroatoms. The molecule has 0 atom stereocenters. The van der Waals surface area contributed by atoms with E-state index < -0.39 is 0 Å². The van der Waals surface area contributed by atoms with E-state index in [4.69, 9.17) is 5.73 Å². The molecule has 0 radical (unpaired) electrons. The van der Waals surface area contributed by atoms with Crippen LogP contribution in [0.3, 0.4) is 0 Å². The fourth-order valence-electron chi connectivity index (χ4n) is 2.34. The zero-order chi connectivity index (χ0) is 10.4. The van der Waals surface area contributed by atoms with E-state index >= 15 is 0 Å². The minimum absolute atomic E-state index is 0.482. The molecule has 0 aromatic rings. The Bertz CT molecular complexity index is 139. The van der Waals surface area contributed by atoms with Gasteiger partial charge in [0.1, 0.15) is 0 Å². The second kappa shape index (κ2) is 6.41. The molecular formula is C12H26N2. The largest absolute Gasteiger partial charge is 0.328 e. The van der Waals surface area contributed by atoms with Gasteiger partial charge in [0.25, 0.3) is 0 Å². The van der Waals surface area contributed by atoms with E-state index in [0.717, 1.165) is 6.04 Å². The molecule has 1 aliphatic carbocycles. The number of nitrogens with zero attached hydrogens (tertiary/aromatic N) is 1. The molecule has 1 rings (SSSR count). The number of unbranched alkanes of at least 4 members (excludes halogenated alkanes) is 2. The van der Waals surface area contributed by atoms with Crippen molar-refractivity contribution in [3.8, 4) is 0 Å². The van der Waals surface area contributed by atoms with Crippen LogP contribution in [0.4, 0.5) is 0 Å². The summed E-state index contributed by atoms with van der Waals surface area (Å²) < 4.78 is 0. The third kappa shape index (κ3) is 3.97.